The lowest BCUT2D eigenvalue weighted by Crippen LogP contribution is -2.46. The number of hydrogen-bond donors (Lipinski definition) is 1. The van der Waals surface area contributed by atoms with E-state index in [1.54, 1.807) is 20.2 Å². The fraction of sp³-hybridized carbons (Fsp3) is 0.625. The van der Waals surface area contributed by atoms with Crippen molar-refractivity contribution in [1.82, 2.24) is 0 Å². The molecule has 1 aliphatic heterocycles. The molecule has 3 nitrogen and oxygen atoms in total. The average molecular weight is 438 g/mol. The number of rotatable bonds is 5. The van der Waals surface area contributed by atoms with Crippen molar-refractivity contribution in [2.75, 3.05) is 13.7 Å². The molecule has 22 heavy (non-hydrogen) atoms. The van der Waals surface area contributed by atoms with E-state index in [4.69, 9.17) is 9.47 Å². The van der Waals surface area contributed by atoms with Crippen LogP contribution in [0, 0.1) is 9.49 Å². The third-order valence-electron chi connectivity index (χ3n) is 4.51. The molecule has 0 aromatic heterocycles. The number of aliphatic hydroxyl groups is 1. The Morgan fingerprint density at radius 2 is 2.14 bits per heavy atom. The standard InChI is InChI=1S/C16H24FIO3Si/c1-10-15(20-2)12-9-11(18)5-6-13(12)21-16(10)14(7-8-19)22(3,4)17/h5-6,9-10,14-16,19H,7-8H2,1-4H3/t10-,14?,15-,16-/m0/s1. The highest BCUT2D eigenvalue weighted by atomic mass is 127. The van der Waals surface area contributed by atoms with E-state index in [0.717, 1.165) is 14.9 Å². The summed E-state index contributed by atoms with van der Waals surface area (Å²) in [6, 6.07) is 5.98. The van der Waals surface area contributed by atoms with Crippen LogP contribution in [0.15, 0.2) is 18.2 Å². The van der Waals surface area contributed by atoms with Crippen molar-refractivity contribution in [2.45, 2.75) is 44.2 Å². The fourth-order valence-corrected chi connectivity index (χ4v) is 5.87. The van der Waals surface area contributed by atoms with Crippen LogP contribution < -0.4 is 4.74 Å². The van der Waals surface area contributed by atoms with Crippen LogP contribution in [-0.2, 0) is 4.74 Å². The zero-order valence-electron chi connectivity index (χ0n) is 13.5. The molecule has 1 heterocycles. The summed E-state index contributed by atoms with van der Waals surface area (Å²) >= 11 is 2.27. The Morgan fingerprint density at radius 3 is 2.68 bits per heavy atom. The Balaban J connectivity index is 2.41. The zero-order chi connectivity index (χ0) is 16.5. The third kappa shape index (κ3) is 3.65. The predicted molar refractivity (Wildman–Crippen MR) is 96.5 cm³/mol. The molecule has 0 saturated heterocycles. The van der Waals surface area contributed by atoms with Gasteiger partial charge >= 0.3 is 0 Å². The lowest BCUT2D eigenvalue weighted by atomic mass is 9.86. The maximum absolute atomic E-state index is 14.8. The SMILES string of the molecule is CO[C@@H]1c2cc(I)ccc2O[C@H](C(CCO)[Si](C)(C)F)[C@H]1C. The minimum absolute atomic E-state index is 0.0191. The van der Waals surface area contributed by atoms with Gasteiger partial charge in [0.1, 0.15) is 11.9 Å². The van der Waals surface area contributed by atoms with Crippen LogP contribution in [0.2, 0.25) is 18.6 Å². The van der Waals surface area contributed by atoms with Gasteiger partial charge in [-0.25, -0.2) is 0 Å². The molecule has 6 heteroatoms. The second kappa shape index (κ2) is 7.15. The van der Waals surface area contributed by atoms with E-state index in [0.29, 0.717) is 6.42 Å². The lowest BCUT2D eigenvalue weighted by Gasteiger charge is -2.43. The van der Waals surface area contributed by atoms with E-state index in [1.807, 2.05) is 19.1 Å². The second-order valence-electron chi connectivity index (χ2n) is 6.46. The Kier molecular flexibility index (Phi) is 5.90. The summed E-state index contributed by atoms with van der Waals surface area (Å²) in [5.74, 6) is 0.811. The van der Waals surface area contributed by atoms with Gasteiger partial charge in [-0.05, 0) is 60.3 Å². The van der Waals surface area contributed by atoms with Crippen LogP contribution in [0.1, 0.15) is 25.0 Å². The first-order valence-electron chi connectivity index (χ1n) is 7.58. The summed E-state index contributed by atoms with van der Waals surface area (Å²) in [5.41, 5.74) is 0.775. The first-order valence-corrected chi connectivity index (χ1v) is 11.6. The van der Waals surface area contributed by atoms with E-state index in [9.17, 15) is 9.21 Å². The summed E-state index contributed by atoms with van der Waals surface area (Å²) in [7, 11) is -1.27. The van der Waals surface area contributed by atoms with Gasteiger partial charge in [-0.2, -0.15) is 0 Å². The van der Waals surface area contributed by atoms with Crippen LogP contribution in [0.3, 0.4) is 0 Å². The molecule has 0 spiro atoms. The van der Waals surface area contributed by atoms with Gasteiger partial charge in [0.2, 0.25) is 8.41 Å². The lowest BCUT2D eigenvalue weighted by molar-refractivity contribution is -0.0251. The van der Waals surface area contributed by atoms with Crippen molar-refractivity contribution in [3.8, 4) is 5.75 Å². The normalized spacial score (nSPS) is 26.2. The molecule has 2 rings (SSSR count). The van der Waals surface area contributed by atoms with Gasteiger partial charge in [-0.3, -0.25) is 0 Å². The number of halogens is 2. The molecule has 0 saturated carbocycles. The van der Waals surface area contributed by atoms with Crippen molar-refractivity contribution in [3.05, 3.63) is 27.3 Å². The van der Waals surface area contributed by atoms with Crippen molar-refractivity contribution < 1.29 is 18.7 Å². The van der Waals surface area contributed by atoms with Gasteiger partial charge in [-0.15, -0.1) is 0 Å². The van der Waals surface area contributed by atoms with Gasteiger partial charge in [0.25, 0.3) is 0 Å². The number of hydrogen-bond acceptors (Lipinski definition) is 3. The highest BCUT2D eigenvalue weighted by Gasteiger charge is 2.47. The van der Waals surface area contributed by atoms with Gasteiger partial charge in [0.15, 0.2) is 0 Å². The Hall–Kier alpha value is -0.183. The maximum atomic E-state index is 14.8. The van der Waals surface area contributed by atoms with Crippen molar-refractivity contribution >= 4 is 31.0 Å². The van der Waals surface area contributed by atoms with Gasteiger partial charge in [0, 0.05) is 34.3 Å². The first-order chi connectivity index (χ1) is 10.3. The molecule has 1 aromatic rings. The van der Waals surface area contributed by atoms with E-state index in [2.05, 4.69) is 28.7 Å². The van der Waals surface area contributed by atoms with Crippen LogP contribution in [0.4, 0.5) is 4.11 Å². The number of methoxy groups -OCH3 is 1. The quantitative estimate of drug-likeness (QED) is 0.423. The molecule has 0 amide bonds. The third-order valence-corrected chi connectivity index (χ3v) is 7.56. The highest BCUT2D eigenvalue weighted by Crippen LogP contribution is 2.47. The summed E-state index contributed by atoms with van der Waals surface area (Å²) in [5, 5.41) is 9.34. The first kappa shape index (κ1) is 18.2. The molecule has 4 atom stereocenters. The van der Waals surface area contributed by atoms with Gasteiger partial charge < -0.3 is 18.7 Å². The number of ether oxygens (including phenoxy) is 2. The molecular formula is C16H24FIO3Si. The molecular weight excluding hydrogens is 414 g/mol. The van der Waals surface area contributed by atoms with Crippen LogP contribution in [-0.4, -0.2) is 33.3 Å². The van der Waals surface area contributed by atoms with E-state index < -0.39 is 8.41 Å². The van der Waals surface area contributed by atoms with E-state index in [1.165, 1.54) is 0 Å². The number of fused-ring (bicyclic) bond motifs is 1. The summed E-state index contributed by atoms with van der Waals surface area (Å²) in [6.45, 7) is 5.41. The van der Waals surface area contributed by atoms with Crippen LogP contribution in [0.5, 0.6) is 5.75 Å². The summed E-state index contributed by atoms with van der Waals surface area (Å²) in [4.78, 5) is 0. The Labute approximate surface area is 146 Å². The van der Waals surface area contributed by atoms with Crippen molar-refractivity contribution in [2.24, 2.45) is 5.92 Å². The highest BCUT2D eigenvalue weighted by molar-refractivity contribution is 14.1. The predicted octanol–water partition coefficient (Wildman–Crippen LogP) is 4.30. The van der Waals surface area contributed by atoms with Gasteiger partial charge in [0.05, 0.1) is 6.10 Å². The summed E-state index contributed by atoms with van der Waals surface area (Å²) < 4.78 is 27.8. The molecule has 0 fully saturated rings. The number of benzene rings is 1. The van der Waals surface area contributed by atoms with Crippen molar-refractivity contribution in [3.63, 3.8) is 0 Å². The molecule has 1 N–H and O–H groups in total. The monoisotopic (exact) mass is 438 g/mol. The Morgan fingerprint density at radius 1 is 1.45 bits per heavy atom. The van der Waals surface area contributed by atoms with E-state index in [-0.39, 0.29) is 30.3 Å². The average Bonchev–Trinajstić information content (AvgIpc) is 2.43. The Bertz CT molecular complexity index is 521. The smallest absolute Gasteiger partial charge is 0.247 e. The second-order valence-corrected chi connectivity index (χ2v) is 11.6. The van der Waals surface area contributed by atoms with Crippen LogP contribution >= 0.6 is 22.6 Å². The largest absolute Gasteiger partial charge is 0.490 e. The fourth-order valence-electron chi connectivity index (χ4n) is 3.39. The van der Waals surface area contributed by atoms with Gasteiger partial charge in [-0.1, -0.05) is 6.92 Å². The molecule has 1 aliphatic rings. The zero-order valence-corrected chi connectivity index (χ0v) is 16.6. The topological polar surface area (TPSA) is 38.7 Å². The minimum atomic E-state index is -2.95. The molecule has 1 aromatic carbocycles. The molecule has 124 valence electrons. The molecule has 1 unspecified atom stereocenters. The van der Waals surface area contributed by atoms with E-state index >= 15 is 0 Å². The van der Waals surface area contributed by atoms with Crippen molar-refractivity contribution in [1.29, 1.82) is 0 Å². The molecule has 0 bridgehead atoms. The minimum Gasteiger partial charge on any atom is -0.490 e. The number of aliphatic hydroxyl groups excluding tert-OH is 1. The maximum Gasteiger partial charge on any atom is 0.247 e. The van der Waals surface area contributed by atoms with Crippen LogP contribution in [0.25, 0.3) is 0 Å². The molecule has 0 aliphatic carbocycles. The summed E-state index contributed by atoms with van der Waals surface area (Å²) in [6.07, 6.45) is 0.0539. The molecule has 0 radical (unpaired) electrons.